The van der Waals surface area contributed by atoms with Crippen molar-refractivity contribution in [2.45, 2.75) is 23.8 Å². The predicted octanol–water partition coefficient (Wildman–Crippen LogP) is 3.50. The molecule has 0 aliphatic carbocycles. The zero-order valence-electron chi connectivity index (χ0n) is 14.6. The largest absolute Gasteiger partial charge is 0.493 e. The van der Waals surface area contributed by atoms with Gasteiger partial charge in [-0.15, -0.1) is 0 Å². The lowest BCUT2D eigenvalue weighted by Gasteiger charge is -2.20. The normalized spacial score (nSPS) is 17.0. The summed E-state index contributed by atoms with van der Waals surface area (Å²) < 4.78 is 43.0. The average Bonchev–Trinajstić information content (AvgIpc) is 2.82. The van der Waals surface area contributed by atoms with Gasteiger partial charge in [-0.2, -0.15) is 0 Å². The van der Waals surface area contributed by atoms with Crippen LogP contribution in [-0.4, -0.2) is 31.2 Å². The highest BCUT2D eigenvalue weighted by Crippen LogP contribution is 2.35. The maximum absolute atomic E-state index is 13.6. The van der Waals surface area contributed by atoms with E-state index in [4.69, 9.17) is 4.74 Å². The van der Waals surface area contributed by atoms with Gasteiger partial charge in [0.25, 0.3) is 0 Å². The Balaban J connectivity index is 1.78. The summed E-state index contributed by atoms with van der Waals surface area (Å²) in [5.41, 5.74) is 1.49. The summed E-state index contributed by atoms with van der Waals surface area (Å²) in [6, 6.07) is 9.13. The minimum absolute atomic E-state index is 0.136. The van der Waals surface area contributed by atoms with Gasteiger partial charge >= 0.3 is 0 Å². The molecule has 3 aromatic rings. The van der Waals surface area contributed by atoms with Gasteiger partial charge < -0.3 is 10.1 Å². The van der Waals surface area contributed by atoms with Gasteiger partial charge in [-0.3, -0.25) is 0 Å². The first-order chi connectivity index (χ1) is 12.9. The van der Waals surface area contributed by atoms with E-state index >= 15 is 0 Å². The number of benzene rings is 2. The number of rotatable bonds is 3. The molecular formula is C19H18FN3O3S. The van der Waals surface area contributed by atoms with Crippen LogP contribution in [0, 0.1) is 5.82 Å². The molecule has 0 spiro atoms. The second-order valence-electron chi connectivity index (χ2n) is 6.54. The highest BCUT2D eigenvalue weighted by molar-refractivity contribution is 7.90. The molecule has 0 saturated carbocycles. The van der Waals surface area contributed by atoms with Crippen molar-refractivity contribution in [3.63, 3.8) is 0 Å². The Morgan fingerprint density at radius 1 is 1.19 bits per heavy atom. The molecule has 0 bridgehead atoms. The monoisotopic (exact) mass is 387 g/mol. The van der Waals surface area contributed by atoms with Crippen molar-refractivity contribution in [3.05, 3.63) is 54.1 Å². The molecule has 1 aliphatic heterocycles. The maximum atomic E-state index is 13.6. The molecule has 27 heavy (non-hydrogen) atoms. The number of sulfone groups is 1. The third-order valence-corrected chi connectivity index (χ3v) is 5.70. The average molecular weight is 387 g/mol. The van der Waals surface area contributed by atoms with Crippen LogP contribution in [-0.2, 0) is 9.84 Å². The van der Waals surface area contributed by atoms with E-state index < -0.39 is 9.84 Å². The van der Waals surface area contributed by atoms with Crippen molar-refractivity contribution in [1.82, 2.24) is 9.97 Å². The van der Waals surface area contributed by atoms with Crippen LogP contribution in [0.25, 0.3) is 10.9 Å². The van der Waals surface area contributed by atoms with E-state index in [1.54, 1.807) is 18.2 Å². The van der Waals surface area contributed by atoms with Gasteiger partial charge in [0.15, 0.2) is 9.84 Å². The van der Waals surface area contributed by atoms with Crippen molar-refractivity contribution in [2.24, 2.45) is 0 Å². The SMILES string of the molecule is CS(=O)(=O)c1ccc2ncnc(NC3CCCOc4cc(F)ccc43)c2c1. The number of anilines is 1. The minimum Gasteiger partial charge on any atom is -0.493 e. The number of nitrogens with one attached hydrogen (secondary N) is 1. The van der Waals surface area contributed by atoms with Crippen LogP contribution >= 0.6 is 0 Å². The lowest BCUT2D eigenvalue weighted by Crippen LogP contribution is -2.12. The predicted molar refractivity (Wildman–Crippen MR) is 100 cm³/mol. The third-order valence-electron chi connectivity index (χ3n) is 4.59. The first-order valence-corrected chi connectivity index (χ1v) is 10.4. The molecule has 1 N–H and O–H groups in total. The summed E-state index contributed by atoms with van der Waals surface area (Å²) in [6.07, 6.45) is 4.17. The van der Waals surface area contributed by atoms with Crippen molar-refractivity contribution >= 4 is 26.6 Å². The van der Waals surface area contributed by atoms with Gasteiger partial charge in [0.1, 0.15) is 23.7 Å². The van der Waals surface area contributed by atoms with Crippen LogP contribution in [0.1, 0.15) is 24.4 Å². The Morgan fingerprint density at radius 3 is 2.85 bits per heavy atom. The zero-order chi connectivity index (χ0) is 19.0. The number of hydrogen-bond donors (Lipinski definition) is 1. The maximum Gasteiger partial charge on any atom is 0.175 e. The first-order valence-electron chi connectivity index (χ1n) is 8.55. The van der Waals surface area contributed by atoms with Crippen LogP contribution in [0.5, 0.6) is 5.75 Å². The zero-order valence-corrected chi connectivity index (χ0v) is 15.5. The lowest BCUT2D eigenvalue weighted by atomic mass is 10.0. The summed E-state index contributed by atoms with van der Waals surface area (Å²) in [5, 5.41) is 3.99. The van der Waals surface area contributed by atoms with Gasteiger partial charge in [-0.05, 0) is 37.1 Å². The van der Waals surface area contributed by atoms with Gasteiger partial charge in [0.2, 0.25) is 0 Å². The van der Waals surface area contributed by atoms with Crippen molar-refractivity contribution in [1.29, 1.82) is 0 Å². The third kappa shape index (κ3) is 3.57. The molecule has 0 fully saturated rings. The fourth-order valence-electron chi connectivity index (χ4n) is 3.24. The number of fused-ring (bicyclic) bond motifs is 2. The molecule has 4 rings (SSSR count). The smallest absolute Gasteiger partial charge is 0.175 e. The van der Waals surface area contributed by atoms with Crippen molar-refractivity contribution < 1.29 is 17.5 Å². The second kappa shape index (κ2) is 6.77. The molecule has 8 heteroatoms. The summed E-state index contributed by atoms with van der Waals surface area (Å²) in [4.78, 5) is 8.73. The Hall–Kier alpha value is -2.74. The van der Waals surface area contributed by atoms with E-state index in [0.29, 0.717) is 29.1 Å². The highest BCUT2D eigenvalue weighted by Gasteiger charge is 2.22. The van der Waals surface area contributed by atoms with E-state index in [-0.39, 0.29) is 16.8 Å². The van der Waals surface area contributed by atoms with Crippen LogP contribution in [0.15, 0.2) is 47.6 Å². The van der Waals surface area contributed by atoms with E-state index in [0.717, 1.165) is 18.4 Å². The summed E-state index contributed by atoms with van der Waals surface area (Å²) in [6.45, 7) is 0.511. The number of halogens is 1. The Bertz CT molecular complexity index is 1120. The standard InChI is InChI=1S/C19H18FN3O3S/c1-27(24,25)13-5-7-16-15(10-13)19(22-11-21-16)23-17-3-2-8-26-18-9-12(20)4-6-14(17)18/h4-7,9-11,17H,2-3,8H2,1H3,(H,21,22,23). The Morgan fingerprint density at radius 2 is 2.04 bits per heavy atom. The molecule has 2 aromatic carbocycles. The fourth-order valence-corrected chi connectivity index (χ4v) is 3.89. The van der Waals surface area contributed by atoms with Crippen LogP contribution in [0.2, 0.25) is 0 Å². The van der Waals surface area contributed by atoms with Crippen LogP contribution < -0.4 is 10.1 Å². The molecule has 1 unspecified atom stereocenters. The van der Waals surface area contributed by atoms with Crippen LogP contribution in [0.3, 0.4) is 0 Å². The van der Waals surface area contributed by atoms with E-state index in [1.165, 1.54) is 30.8 Å². The summed E-state index contributed by atoms with van der Waals surface area (Å²) in [7, 11) is -3.35. The number of aromatic nitrogens is 2. The van der Waals surface area contributed by atoms with Gasteiger partial charge in [0.05, 0.1) is 23.1 Å². The molecule has 0 radical (unpaired) electrons. The number of nitrogens with zero attached hydrogens (tertiary/aromatic N) is 2. The summed E-state index contributed by atoms with van der Waals surface area (Å²) in [5.74, 6) is 0.701. The van der Waals surface area contributed by atoms with Crippen LogP contribution in [0.4, 0.5) is 10.2 Å². The Kier molecular flexibility index (Phi) is 4.43. The highest BCUT2D eigenvalue weighted by atomic mass is 32.2. The van der Waals surface area contributed by atoms with Gasteiger partial charge in [-0.1, -0.05) is 6.07 Å². The molecule has 0 amide bonds. The molecule has 0 saturated heterocycles. The molecular weight excluding hydrogens is 369 g/mol. The fraction of sp³-hybridized carbons (Fsp3) is 0.263. The number of hydrogen-bond acceptors (Lipinski definition) is 6. The minimum atomic E-state index is -3.35. The molecule has 1 atom stereocenters. The molecule has 6 nitrogen and oxygen atoms in total. The molecule has 2 heterocycles. The number of ether oxygens (including phenoxy) is 1. The molecule has 1 aliphatic rings. The van der Waals surface area contributed by atoms with Gasteiger partial charge in [0, 0.05) is 23.3 Å². The lowest BCUT2D eigenvalue weighted by molar-refractivity contribution is 0.315. The topological polar surface area (TPSA) is 81.2 Å². The van der Waals surface area contributed by atoms with Crippen molar-refractivity contribution in [3.8, 4) is 5.75 Å². The Labute approximate surface area is 156 Å². The summed E-state index contributed by atoms with van der Waals surface area (Å²) >= 11 is 0. The quantitative estimate of drug-likeness (QED) is 0.741. The van der Waals surface area contributed by atoms with Gasteiger partial charge in [-0.25, -0.2) is 22.8 Å². The molecule has 1 aromatic heterocycles. The second-order valence-corrected chi connectivity index (χ2v) is 8.56. The van der Waals surface area contributed by atoms with E-state index in [9.17, 15) is 12.8 Å². The first kappa shape index (κ1) is 17.7. The van der Waals surface area contributed by atoms with Crippen molar-refractivity contribution in [2.75, 3.05) is 18.2 Å². The van der Waals surface area contributed by atoms with E-state index in [2.05, 4.69) is 15.3 Å². The van der Waals surface area contributed by atoms with E-state index in [1.807, 2.05) is 0 Å². The molecule has 140 valence electrons.